The Hall–Kier alpha value is -2.99. The number of nitrogens with zero attached hydrogens (tertiary/aromatic N) is 4. The maximum atomic E-state index is 6.70. The topological polar surface area (TPSA) is 44.9 Å². The highest BCUT2D eigenvalue weighted by molar-refractivity contribution is 7.99. The van der Waals surface area contributed by atoms with Gasteiger partial charge in [-0.05, 0) is 52.0 Å². The van der Waals surface area contributed by atoms with Gasteiger partial charge in [0.1, 0.15) is 10.6 Å². The van der Waals surface area contributed by atoms with Crippen LogP contribution in [0, 0.1) is 19.8 Å². The Bertz CT molecular complexity index is 1310. The minimum Gasteiger partial charge on any atom is -0.471 e. The van der Waals surface area contributed by atoms with E-state index >= 15 is 0 Å². The predicted molar refractivity (Wildman–Crippen MR) is 127 cm³/mol. The molecule has 162 valence electrons. The van der Waals surface area contributed by atoms with Crippen molar-refractivity contribution in [2.45, 2.75) is 44.2 Å². The minimum absolute atomic E-state index is 0.208. The highest BCUT2D eigenvalue weighted by Gasteiger charge is 2.51. The summed E-state index contributed by atoms with van der Waals surface area (Å²) in [6, 6.07) is 20.7. The van der Waals surface area contributed by atoms with Gasteiger partial charge in [0.2, 0.25) is 5.88 Å². The van der Waals surface area contributed by atoms with Crippen molar-refractivity contribution in [1.29, 1.82) is 0 Å². The minimum atomic E-state index is -0.317. The van der Waals surface area contributed by atoms with E-state index in [1.54, 1.807) is 0 Å². The number of hydrogen-bond donors (Lipinski definition) is 0. The predicted octanol–water partition coefficient (Wildman–Crippen LogP) is 5.70. The van der Waals surface area contributed by atoms with Gasteiger partial charge in [-0.25, -0.2) is 9.36 Å². The van der Waals surface area contributed by atoms with Gasteiger partial charge in [0.05, 0.1) is 22.8 Å². The van der Waals surface area contributed by atoms with Crippen molar-refractivity contribution in [3.8, 4) is 17.3 Å². The molecule has 4 heterocycles. The van der Waals surface area contributed by atoms with E-state index in [2.05, 4.69) is 68.8 Å². The van der Waals surface area contributed by atoms with Crippen LogP contribution in [0.3, 0.4) is 0 Å². The quantitative estimate of drug-likeness (QED) is 0.399. The molecule has 6 rings (SSSR count). The highest BCUT2D eigenvalue weighted by Crippen LogP contribution is 2.56. The normalized spacial score (nSPS) is 20.8. The molecular formula is C26H26N4OS. The van der Waals surface area contributed by atoms with Crippen LogP contribution in [-0.4, -0.2) is 30.9 Å². The first kappa shape index (κ1) is 19.7. The molecule has 0 amide bonds. The second-order valence-corrected chi connectivity index (χ2v) is 10.2. The standard InChI is InChI=1S/C26H26N4OS/c1-16-21-23-20(26(3,4)31-24(21)29(27-16)18-11-7-5-8-12-18)15-32-25-22(23)17(2)28-30(25)19-13-9-6-10-14-19/h5-14,20,23H,15H2,1-4H3/t20-,23-/m0/s1. The van der Waals surface area contributed by atoms with Crippen molar-refractivity contribution in [2.75, 3.05) is 5.75 Å². The monoisotopic (exact) mass is 442 g/mol. The van der Waals surface area contributed by atoms with Crippen LogP contribution in [0.2, 0.25) is 0 Å². The SMILES string of the molecule is Cc1nn(-c2ccccc2)c2c1[C@H]1c3c(C)nn(-c4ccccc4)c3SC[C@@H]1C(C)(C)O2. The summed E-state index contributed by atoms with van der Waals surface area (Å²) in [6.07, 6.45) is 0. The lowest BCUT2D eigenvalue weighted by Gasteiger charge is -2.46. The molecule has 0 bridgehead atoms. The molecule has 0 saturated carbocycles. The summed E-state index contributed by atoms with van der Waals surface area (Å²) in [5.41, 5.74) is 6.45. The van der Waals surface area contributed by atoms with Crippen molar-refractivity contribution < 1.29 is 4.74 Å². The summed E-state index contributed by atoms with van der Waals surface area (Å²) >= 11 is 1.90. The zero-order valence-corrected chi connectivity index (χ0v) is 19.6. The number of rotatable bonds is 2. The molecule has 6 heteroatoms. The van der Waals surface area contributed by atoms with E-state index in [4.69, 9.17) is 14.9 Å². The van der Waals surface area contributed by atoms with Crippen molar-refractivity contribution >= 4 is 11.8 Å². The summed E-state index contributed by atoms with van der Waals surface area (Å²) in [6.45, 7) is 8.68. The second kappa shape index (κ2) is 7.01. The molecule has 0 N–H and O–H groups in total. The number of aromatic nitrogens is 4. The Kier molecular flexibility index (Phi) is 4.31. The molecule has 4 aromatic rings. The van der Waals surface area contributed by atoms with Gasteiger partial charge in [-0.15, -0.1) is 11.8 Å². The number of ether oxygens (including phenoxy) is 1. The molecule has 0 aliphatic carbocycles. The molecule has 5 nitrogen and oxygen atoms in total. The Labute approximate surface area is 192 Å². The first-order chi connectivity index (χ1) is 15.5. The highest BCUT2D eigenvalue weighted by atomic mass is 32.2. The molecule has 0 unspecified atom stereocenters. The van der Waals surface area contributed by atoms with Gasteiger partial charge < -0.3 is 4.74 Å². The van der Waals surface area contributed by atoms with Gasteiger partial charge in [-0.2, -0.15) is 10.2 Å². The first-order valence-electron chi connectivity index (χ1n) is 11.1. The Morgan fingerprint density at radius 2 is 1.41 bits per heavy atom. The Morgan fingerprint density at radius 1 is 0.844 bits per heavy atom. The molecular weight excluding hydrogens is 416 g/mol. The van der Waals surface area contributed by atoms with Crippen molar-refractivity contribution in [2.24, 2.45) is 5.92 Å². The van der Waals surface area contributed by atoms with Crippen molar-refractivity contribution in [3.05, 3.63) is 83.2 Å². The third-order valence-corrected chi connectivity index (χ3v) is 8.00. The van der Waals surface area contributed by atoms with Crippen LogP contribution < -0.4 is 4.74 Å². The van der Waals surface area contributed by atoms with Gasteiger partial charge >= 0.3 is 0 Å². The van der Waals surface area contributed by atoms with E-state index in [1.165, 1.54) is 16.2 Å². The lowest BCUT2D eigenvalue weighted by atomic mass is 9.72. The van der Waals surface area contributed by atoms with Crippen LogP contribution in [0.1, 0.15) is 42.3 Å². The molecule has 2 aliphatic rings. The molecule has 2 aromatic carbocycles. The van der Waals surface area contributed by atoms with Gasteiger partial charge in [0.25, 0.3) is 0 Å². The third kappa shape index (κ3) is 2.78. The van der Waals surface area contributed by atoms with E-state index < -0.39 is 0 Å². The maximum Gasteiger partial charge on any atom is 0.221 e. The summed E-state index contributed by atoms with van der Waals surface area (Å²) in [5.74, 6) is 2.40. The zero-order chi connectivity index (χ0) is 22.0. The van der Waals surface area contributed by atoms with Crippen LogP contribution in [0.4, 0.5) is 0 Å². The van der Waals surface area contributed by atoms with E-state index in [0.29, 0.717) is 5.92 Å². The number of benzene rings is 2. The fourth-order valence-corrected chi connectivity index (χ4v) is 6.85. The Balaban J connectivity index is 1.58. The van der Waals surface area contributed by atoms with Gasteiger partial charge in [0, 0.05) is 28.7 Å². The van der Waals surface area contributed by atoms with Crippen LogP contribution >= 0.6 is 11.8 Å². The van der Waals surface area contributed by atoms with E-state index in [-0.39, 0.29) is 11.5 Å². The lowest BCUT2D eigenvalue weighted by Crippen LogP contribution is -2.47. The zero-order valence-electron chi connectivity index (χ0n) is 18.7. The molecule has 2 aromatic heterocycles. The lowest BCUT2D eigenvalue weighted by molar-refractivity contribution is 0.0198. The third-order valence-electron chi connectivity index (χ3n) is 6.80. The summed E-state index contributed by atoms with van der Waals surface area (Å²) < 4.78 is 10.8. The molecule has 0 saturated heterocycles. The average molecular weight is 443 g/mol. The van der Waals surface area contributed by atoms with Gasteiger partial charge in [-0.1, -0.05) is 36.4 Å². The average Bonchev–Trinajstić information content (AvgIpc) is 3.31. The van der Waals surface area contributed by atoms with Crippen molar-refractivity contribution in [1.82, 2.24) is 19.6 Å². The molecule has 2 atom stereocenters. The van der Waals surface area contributed by atoms with E-state index in [0.717, 1.165) is 34.4 Å². The van der Waals surface area contributed by atoms with Crippen LogP contribution in [0.25, 0.3) is 11.4 Å². The summed E-state index contributed by atoms with van der Waals surface area (Å²) in [7, 11) is 0. The smallest absolute Gasteiger partial charge is 0.221 e. The number of thioether (sulfide) groups is 1. The molecule has 0 fully saturated rings. The molecule has 0 spiro atoms. The number of aryl methyl sites for hydroxylation is 2. The molecule has 0 radical (unpaired) electrons. The number of fused-ring (bicyclic) bond motifs is 5. The van der Waals surface area contributed by atoms with Crippen molar-refractivity contribution in [3.63, 3.8) is 0 Å². The van der Waals surface area contributed by atoms with Crippen LogP contribution in [0.5, 0.6) is 5.88 Å². The molecule has 2 aliphatic heterocycles. The van der Waals surface area contributed by atoms with Crippen LogP contribution in [0.15, 0.2) is 65.7 Å². The van der Waals surface area contributed by atoms with E-state index in [1.807, 2.05) is 40.7 Å². The second-order valence-electron chi connectivity index (χ2n) is 9.20. The Morgan fingerprint density at radius 3 is 2.06 bits per heavy atom. The fourth-order valence-electron chi connectivity index (χ4n) is 5.22. The van der Waals surface area contributed by atoms with Gasteiger partial charge in [-0.3, -0.25) is 0 Å². The maximum absolute atomic E-state index is 6.70. The largest absolute Gasteiger partial charge is 0.471 e. The number of hydrogen-bond acceptors (Lipinski definition) is 4. The fraction of sp³-hybridized carbons (Fsp3) is 0.308. The van der Waals surface area contributed by atoms with Gasteiger partial charge in [0.15, 0.2) is 0 Å². The first-order valence-corrected chi connectivity index (χ1v) is 12.1. The summed E-state index contributed by atoms with van der Waals surface area (Å²) in [4.78, 5) is 0. The molecule has 32 heavy (non-hydrogen) atoms. The van der Waals surface area contributed by atoms with E-state index in [9.17, 15) is 0 Å². The number of para-hydroxylation sites is 2. The summed E-state index contributed by atoms with van der Waals surface area (Å²) in [5, 5.41) is 11.2. The van der Waals surface area contributed by atoms with Crippen LogP contribution in [-0.2, 0) is 0 Å².